The van der Waals surface area contributed by atoms with Crippen LogP contribution in [0.4, 0.5) is 10.1 Å². The summed E-state index contributed by atoms with van der Waals surface area (Å²) in [4.78, 5) is 17.4. The largest absolute Gasteiger partial charge is 0.322 e. The van der Waals surface area contributed by atoms with Gasteiger partial charge in [-0.3, -0.25) is 9.78 Å². The zero-order valence-electron chi connectivity index (χ0n) is 17.5. The molecule has 3 heterocycles. The normalized spacial score (nSPS) is 13.6. The van der Waals surface area contributed by atoms with Crippen molar-refractivity contribution in [3.05, 3.63) is 70.4 Å². The van der Waals surface area contributed by atoms with Gasteiger partial charge < -0.3 is 9.88 Å². The molecule has 1 amide bonds. The predicted molar refractivity (Wildman–Crippen MR) is 122 cm³/mol. The number of aromatic nitrogens is 4. The van der Waals surface area contributed by atoms with Crippen molar-refractivity contribution >= 4 is 34.1 Å². The van der Waals surface area contributed by atoms with Crippen molar-refractivity contribution in [1.29, 1.82) is 0 Å². The number of benzene rings is 2. The van der Waals surface area contributed by atoms with Crippen LogP contribution >= 0.6 is 11.6 Å². The molecule has 0 aliphatic carbocycles. The molecule has 2 aromatic heterocycles. The number of amides is 1. The van der Waals surface area contributed by atoms with Crippen LogP contribution in [-0.2, 0) is 13.0 Å². The molecule has 2 aromatic carbocycles. The van der Waals surface area contributed by atoms with Crippen molar-refractivity contribution in [2.24, 2.45) is 0 Å². The highest BCUT2D eigenvalue weighted by Gasteiger charge is 2.19. The average Bonchev–Trinajstić information content (AvgIpc) is 3.02. The second-order valence-corrected chi connectivity index (χ2v) is 8.42. The minimum atomic E-state index is -0.360. The zero-order valence-corrected chi connectivity index (χ0v) is 18.3. The highest BCUT2D eigenvalue weighted by atomic mass is 35.5. The van der Waals surface area contributed by atoms with E-state index < -0.39 is 0 Å². The number of carbonyl (C=O) groups is 1. The van der Waals surface area contributed by atoms with Crippen molar-refractivity contribution in [3.8, 4) is 11.4 Å². The number of rotatable bonds is 3. The summed E-state index contributed by atoms with van der Waals surface area (Å²) in [6.07, 6.45) is 4.25. The highest BCUT2D eigenvalue weighted by Crippen LogP contribution is 2.31. The van der Waals surface area contributed by atoms with E-state index in [4.69, 9.17) is 11.6 Å². The first kappa shape index (κ1) is 20.6. The van der Waals surface area contributed by atoms with E-state index in [0.29, 0.717) is 38.7 Å². The van der Waals surface area contributed by atoms with Crippen LogP contribution in [0.5, 0.6) is 0 Å². The summed E-state index contributed by atoms with van der Waals surface area (Å²) in [6, 6.07) is 11.4. The van der Waals surface area contributed by atoms with E-state index >= 15 is 0 Å². The van der Waals surface area contributed by atoms with Gasteiger partial charge in [0, 0.05) is 35.7 Å². The Labute approximate surface area is 189 Å². The Morgan fingerprint density at radius 1 is 1.09 bits per heavy atom. The van der Waals surface area contributed by atoms with Crippen LogP contribution in [-0.4, -0.2) is 25.7 Å². The first-order valence-corrected chi connectivity index (χ1v) is 11.0. The lowest BCUT2D eigenvalue weighted by molar-refractivity contribution is 0.102. The second kappa shape index (κ2) is 8.31. The van der Waals surface area contributed by atoms with Gasteiger partial charge >= 0.3 is 0 Å². The van der Waals surface area contributed by atoms with Crippen LogP contribution in [0.25, 0.3) is 22.3 Å². The molecule has 1 aliphatic rings. The molecule has 6 nitrogen and oxygen atoms in total. The first-order valence-electron chi connectivity index (χ1n) is 10.6. The fourth-order valence-electron chi connectivity index (χ4n) is 4.12. The fraction of sp³-hybridized carbons (Fsp3) is 0.250. The highest BCUT2D eigenvalue weighted by molar-refractivity contribution is 6.33. The lowest BCUT2D eigenvalue weighted by Gasteiger charge is -2.12. The van der Waals surface area contributed by atoms with E-state index in [-0.39, 0.29) is 11.7 Å². The third-order valence-electron chi connectivity index (χ3n) is 5.79. The second-order valence-electron chi connectivity index (χ2n) is 8.01. The number of carbonyl (C=O) groups excluding carboxylic acids is 1. The maximum absolute atomic E-state index is 13.5. The van der Waals surface area contributed by atoms with Crippen LogP contribution in [0.3, 0.4) is 0 Å². The number of aryl methyl sites for hydroxylation is 2. The maximum atomic E-state index is 13.5. The van der Waals surface area contributed by atoms with Crippen LogP contribution < -0.4 is 5.32 Å². The molecule has 0 atom stereocenters. The molecule has 0 saturated heterocycles. The molecule has 1 aliphatic heterocycles. The smallest absolute Gasteiger partial charge is 0.257 e. The summed E-state index contributed by atoms with van der Waals surface area (Å²) in [5.41, 5.74) is 2.79. The zero-order chi connectivity index (χ0) is 22.2. The molecule has 0 unspecified atom stereocenters. The van der Waals surface area contributed by atoms with Gasteiger partial charge in [0.1, 0.15) is 11.6 Å². The van der Waals surface area contributed by atoms with Crippen molar-refractivity contribution in [1.82, 2.24) is 19.7 Å². The first-order chi connectivity index (χ1) is 15.5. The van der Waals surface area contributed by atoms with Crippen LogP contribution in [0.15, 0.2) is 42.5 Å². The SMILES string of the molecule is Cc1nc2cc(F)ccc2cc1C(=O)Nc1ccc(Cl)c(-c2nnc3n2CCCCC3)c1. The van der Waals surface area contributed by atoms with Gasteiger partial charge in [-0.15, -0.1) is 10.2 Å². The average molecular weight is 450 g/mol. The Morgan fingerprint density at radius 3 is 2.84 bits per heavy atom. The number of hydrogen-bond donors (Lipinski definition) is 1. The molecule has 0 bridgehead atoms. The van der Waals surface area contributed by atoms with Crippen molar-refractivity contribution < 1.29 is 9.18 Å². The standard InChI is InChI=1S/C24H21ClFN5O/c1-14-18(11-15-6-7-16(26)12-21(15)27-14)24(32)28-17-8-9-20(25)19(13-17)23-30-29-22-5-3-2-4-10-31(22)23/h6-9,11-13H,2-5,10H2,1H3,(H,28,32). The molecule has 0 radical (unpaired) electrons. The molecule has 162 valence electrons. The van der Waals surface area contributed by atoms with Crippen LogP contribution in [0, 0.1) is 12.7 Å². The molecule has 32 heavy (non-hydrogen) atoms. The van der Waals surface area contributed by atoms with E-state index in [1.54, 1.807) is 31.2 Å². The van der Waals surface area contributed by atoms with Gasteiger partial charge in [-0.1, -0.05) is 18.0 Å². The van der Waals surface area contributed by atoms with Crippen LogP contribution in [0.1, 0.15) is 41.1 Å². The summed E-state index contributed by atoms with van der Waals surface area (Å²) in [5, 5.41) is 12.9. The minimum absolute atomic E-state index is 0.297. The summed E-state index contributed by atoms with van der Waals surface area (Å²) >= 11 is 6.49. The molecule has 8 heteroatoms. The summed E-state index contributed by atoms with van der Waals surface area (Å²) in [5.74, 6) is 1.03. The van der Waals surface area contributed by atoms with E-state index in [9.17, 15) is 9.18 Å². The quantitative estimate of drug-likeness (QED) is 0.443. The summed E-state index contributed by atoms with van der Waals surface area (Å²) in [6.45, 7) is 2.59. The van der Waals surface area contributed by atoms with Gasteiger partial charge in [-0.25, -0.2) is 4.39 Å². The number of halogens is 2. The van der Waals surface area contributed by atoms with Gasteiger partial charge in [-0.05, 0) is 56.2 Å². The molecular formula is C24H21ClFN5O. The summed E-state index contributed by atoms with van der Waals surface area (Å²) in [7, 11) is 0. The molecule has 1 N–H and O–H groups in total. The molecule has 4 aromatic rings. The molecular weight excluding hydrogens is 429 g/mol. The van der Waals surface area contributed by atoms with Crippen molar-refractivity contribution in [2.75, 3.05) is 5.32 Å². The number of nitrogens with zero attached hydrogens (tertiary/aromatic N) is 4. The number of nitrogens with one attached hydrogen (secondary N) is 1. The Bertz CT molecular complexity index is 1350. The number of fused-ring (bicyclic) bond motifs is 2. The third kappa shape index (κ3) is 3.84. The van der Waals surface area contributed by atoms with Gasteiger partial charge in [-0.2, -0.15) is 0 Å². The Balaban J connectivity index is 1.46. The van der Waals surface area contributed by atoms with E-state index in [0.717, 1.165) is 37.2 Å². The maximum Gasteiger partial charge on any atom is 0.257 e. The van der Waals surface area contributed by atoms with Crippen molar-refractivity contribution in [2.45, 2.75) is 39.2 Å². The Hall–Kier alpha value is -3.32. The topological polar surface area (TPSA) is 72.7 Å². The van der Waals surface area contributed by atoms with Gasteiger partial charge in [0.25, 0.3) is 5.91 Å². The monoisotopic (exact) mass is 449 g/mol. The molecule has 0 saturated carbocycles. The van der Waals surface area contributed by atoms with E-state index in [1.807, 2.05) is 6.07 Å². The predicted octanol–water partition coefficient (Wildman–Crippen LogP) is 5.57. The van der Waals surface area contributed by atoms with E-state index in [1.165, 1.54) is 18.6 Å². The van der Waals surface area contributed by atoms with Crippen molar-refractivity contribution in [3.63, 3.8) is 0 Å². The fourth-order valence-corrected chi connectivity index (χ4v) is 4.33. The van der Waals surface area contributed by atoms with Gasteiger partial charge in [0.05, 0.1) is 21.8 Å². The summed E-state index contributed by atoms with van der Waals surface area (Å²) < 4.78 is 15.6. The molecule has 0 spiro atoms. The lowest BCUT2D eigenvalue weighted by atomic mass is 10.1. The number of hydrogen-bond acceptors (Lipinski definition) is 4. The van der Waals surface area contributed by atoms with Crippen LogP contribution in [0.2, 0.25) is 5.02 Å². The number of pyridine rings is 1. The van der Waals surface area contributed by atoms with Gasteiger partial charge in [0.15, 0.2) is 5.82 Å². The Kier molecular flexibility index (Phi) is 5.35. The number of anilines is 1. The lowest BCUT2D eigenvalue weighted by Crippen LogP contribution is -2.14. The van der Waals surface area contributed by atoms with Gasteiger partial charge in [0.2, 0.25) is 0 Å². The third-order valence-corrected chi connectivity index (χ3v) is 6.12. The molecule has 0 fully saturated rings. The minimum Gasteiger partial charge on any atom is -0.322 e. The Morgan fingerprint density at radius 2 is 1.97 bits per heavy atom. The molecule has 5 rings (SSSR count). The van der Waals surface area contributed by atoms with E-state index in [2.05, 4.69) is 25.1 Å².